The number of sulfonamides is 1. The van der Waals surface area contributed by atoms with Gasteiger partial charge in [0.15, 0.2) is 0 Å². The van der Waals surface area contributed by atoms with E-state index in [1.165, 1.54) is 12.1 Å². The summed E-state index contributed by atoms with van der Waals surface area (Å²) in [6, 6.07) is 13.3. The lowest BCUT2D eigenvalue weighted by molar-refractivity contribution is 0.601. The average Bonchev–Trinajstić information content (AvgIpc) is 2.42. The minimum absolute atomic E-state index is 0.170. The molecule has 0 fully saturated rings. The molecule has 2 aromatic carbocycles. The molecule has 2 aromatic rings. The lowest BCUT2D eigenvalue weighted by atomic mass is 10.2. The third-order valence-corrected chi connectivity index (χ3v) is 4.18. The highest BCUT2D eigenvalue weighted by Crippen LogP contribution is 2.21. The third-order valence-electron chi connectivity index (χ3n) is 2.71. The first-order chi connectivity index (χ1) is 9.53. The molecule has 0 aliphatic carbocycles. The van der Waals surface area contributed by atoms with Crippen LogP contribution >= 0.6 is 12.2 Å². The van der Waals surface area contributed by atoms with E-state index in [4.69, 9.17) is 0 Å². The van der Waals surface area contributed by atoms with Crippen LogP contribution in [-0.2, 0) is 10.0 Å². The molecule has 102 valence electrons. The Balaban J connectivity index is 2.31. The van der Waals surface area contributed by atoms with Crippen LogP contribution in [0.4, 0.5) is 11.4 Å². The molecular weight excluding hydrogens is 292 g/mol. The van der Waals surface area contributed by atoms with Gasteiger partial charge in [-0.2, -0.15) is 4.99 Å². The number of nitrogens with one attached hydrogen (secondary N) is 1. The van der Waals surface area contributed by atoms with Crippen molar-refractivity contribution in [2.75, 3.05) is 4.72 Å². The fourth-order valence-corrected chi connectivity index (χ4v) is 2.88. The molecule has 0 saturated heterocycles. The topological polar surface area (TPSA) is 58.5 Å². The zero-order chi connectivity index (χ0) is 14.6. The maximum atomic E-state index is 12.2. The Morgan fingerprint density at radius 1 is 1.10 bits per heavy atom. The maximum absolute atomic E-state index is 12.2. The van der Waals surface area contributed by atoms with E-state index in [1.54, 1.807) is 24.3 Å². The summed E-state index contributed by atoms with van der Waals surface area (Å²) >= 11 is 4.49. The Morgan fingerprint density at radius 3 is 2.35 bits per heavy atom. The monoisotopic (exact) mass is 304 g/mol. The minimum atomic E-state index is -3.61. The molecule has 0 saturated carbocycles. The van der Waals surface area contributed by atoms with Crippen LogP contribution in [0.25, 0.3) is 0 Å². The van der Waals surface area contributed by atoms with Gasteiger partial charge in [0.05, 0.1) is 21.4 Å². The fourth-order valence-electron chi connectivity index (χ4n) is 1.64. The van der Waals surface area contributed by atoms with Crippen molar-refractivity contribution >= 4 is 38.8 Å². The molecule has 0 amide bonds. The first-order valence-corrected chi connectivity index (χ1v) is 7.68. The quantitative estimate of drug-likeness (QED) is 0.694. The number of isothiocyanates is 1. The molecular formula is C14H12N2O2S2. The number of aryl methyl sites for hydroxylation is 1. The van der Waals surface area contributed by atoms with Crippen LogP contribution in [0.15, 0.2) is 58.4 Å². The number of nitrogens with zero attached hydrogens (tertiary/aromatic N) is 1. The Hall–Kier alpha value is -2.01. The van der Waals surface area contributed by atoms with Gasteiger partial charge in [0.2, 0.25) is 0 Å². The van der Waals surface area contributed by atoms with Crippen molar-refractivity contribution in [3.8, 4) is 0 Å². The van der Waals surface area contributed by atoms with E-state index in [1.807, 2.05) is 19.1 Å². The van der Waals surface area contributed by atoms with Gasteiger partial charge in [0, 0.05) is 0 Å². The lowest BCUT2D eigenvalue weighted by Gasteiger charge is -2.10. The second-order valence-corrected chi connectivity index (χ2v) is 5.98. The molecule has 0 radical (unpaired) electrons. The molecule has 0 bridgehead atoms. The first-order valence-electron chi connectivity index (χ1n) is 5.79. The number of hydrogen-bond acceptors (Lipinski definition) is 4. The van der Waals surface area contributed by atoms with Gasteiger partial charge in [-0.3, -0.25) is 4.72 Å². The summed E-state index contributed by atoms with van der Waals surface area (Å²) in [4.78, 5) is 3.95. The Kier molecular flexibility index (Phi) is 4.29. The molecule has 0 atom stereocenters. The summed E-state index contributed by atoms with van der Waals surface area (Å²) in [5.41, 5.74) is 1.99. The van der Waals surface area contributed by atoms with Gasteiger partial charge in [0.25, 0.3) is 10.0 Å². The van der Waals surface area contributed by atoms with E-state index in [2.05, 4.69) is 27.1 Å². The lowest BCUT2D eigenvalue weighted by Crippen LogP contribution is -2.13. The molecule has 0 aliphatic rings. The highest BCUT2D eigenvalue weighted by molar-refractivity contribution is 7.92. The van der Waals surface area contributed by atoms with Crippen molar-refractivity contribution in [2.24, 2.45) is 4.99 Å². The molecule has 2 rings (SSSR count). The van der Waals surface area contributed by atoms with Gasteiger partial charge in [-0.15, -0.1) is 0 Å². The van der Waals surface area contributed by atoms with Crippen molar-refractivity contribution in [1.29, 1.82) is 0 Å². The van der Waals surface area contributed by atoms with Crippen molar-refractivity contribution in [3.05, 3.63) is 54.1 Å². The molecule has 0 heterocycles. The van der Waals surface area contributed by atoms with Crippen LogP contribution in [0.2, 0.25) is 0 Å². The van der Waals surface area contributed by atoms with Gasteiger partial charge in [-0.1, -0.05) is 18.2 Å². The van der Waals surface area contributed by atoms with Crippen LogP contribution in [0, 0.1) is 6.92 Å². The third kappa shape index (κ3) is 3.30. The fraction of sp³-hybridized carbons (Fsp3) is 0.0714. The minimum Gasteiger partial charge on any atom is -0.279 e. The number of benzene rings is 2. The zero-order valence-corrected chi connectivity index (χ0v) is 12.3. The Labute approximate surface area is 123 Å². The summed E-state index contributed by atoms with van der Waals surface area (Å²) in [6.07, 6.45) is 0. The maximum Gasteiger partial charge on any atom is 0.261 e. The molecule has 20 heavy (non-hydrogen) atoms. The summed E-state index contributed by atoms with van der Waals surface area (Å²) in [5, 5.41) is 2.23. The number of aliphatic imine (C=N–C) groups is 1. The van der Waals surface area contributed by atoms with Gasteiger partial charge in [-0.05, 0) is 55.0 Å². The van der Waals surface area contributed by atoms with Gasteiger partial charge in [-0.25, -0.2) is 8.42 Å². The predicted octanol–water partition coefficient (Wildman–Crippen LogP) is 3.53. The van der Waals surface area contributed by atoms with E-state index in [0.717, 1.165) is 5.56 Å². The molecule has 6 heteroatoms. The van der Waals surface area contributed by atoms with Crippen LogP contribution in [0.1, 0.15) is 5.56 Å². The standard InChI is InChI=1S/C14H12N2O2S2/c1-11-4-2-3-5-14(11)16-20(17,18)13-8-6-12(7-9-13)15-10-19/h2-9,16H,1H3. The second-order valence-electron chi connectivity index (χ2n) is 4.12. The SMILES string of the molecule is Cc1ccccc1NS(=O)(=O)c1ccc(N=C=S)cc1. The van der Waals surface area contributed by atoms with Crippen molar-refractivity contribution in [3.63, 3.8) is 0 Å². The van der Waals surface area contributed by atoms with Gasteiger partial charge < -0.3 is 0 Å². The van der Waals surface area contributed by atoms with Crippen LogP contribution in [0.3, 0.4) is 0 Å². The smallest absolute Gasteiger partial charge is 0.261 e. The predicted molar refractivity (Wildman–Crippen MR) is 83.1 cm³/mol. The van der Waals surface area contributed by atoms with Gasteiger partial charge >= 0.3 is 0 Å². The Morgan fingerprint density at radius 2 is 1.75 bits per heavy atom. The highest BCUT2D eigenvalue weighted by Gasteiger charge is 2.14. The van der Waals surface area contributed by atoms with Crippen LogP contribution in [-0.4, -0.2) is 13.6 Å². The number of anilines is 1. The summed E-state index contributed by atoms with van der Waals surface area (Å²) in [6.45, 7) is 1.84. The average molecular weight is 304 g/mol. The number of hydrogen-bond donors (Lipinski definition) is 1. The van der Waals surface area contributed by atoms with Crippen molar-refractivity contribution < 1.29 is 8.42 Å². The van der Waals surface area contributed by atoms with E-state index >= 15 is 0 Å². The van der Waals surface area contributed by atoms with Crippen LogP contribution in [0.5, 0.6) is 0 Å². The van der Waals surface area contributed by atoms with E-state index in [9.17, 15) is 8.42 Å². The number of rotatable bonds is 4. The largest absolute Gasteiger partial charge is 0.279 e. The molecule has 1 N–H and O–H groups in total. The molecule has 0 spiro atoms. The first kappa shape index (κ1) is 14.4. The van der Waals surface area contributed by atoms with Gasteiger partial charge in [0.1, 0.15) is 0 Å². The second kappa shape index (κ2) is 5.96. The molecule has 4 nitrogen and oxygen atoms in total. The van der Waals surface area contributed by atoms with E-state index in [0.29, 0.717) is 11.4 Å². The van der Waals surface area contributed by atoms with E-state index in [-0.39, 0.29) is 4.90 Å². The molecule has 0 aliphatic heterocycles. The molecule has 0 aromatic heterocycles. The van der Waals surface area contributed by atoms with E-state index < -0.39 is 10.0 Å². The number of thiocarbonyl (C=S) groups is 1. The Bertz CT molecular complexity index is 762. The molecule has 0 unspecified atom stereocenters. The highest BCUT2D eigenvalue weighted by atomic mass is 32.2. The zero-order valence-electron chi connectivity index (χ0n) is 10.7. The summed E-state index contributed by atoms with van der Waals surface area (Å²) in [7, 11) is -3.61. The normalized spacial score (nSPS) is 10.7. The number of para-hydroxylation sites is 1. The summed E-state index contributed by atoms with van der Waals surface area (Å²) < 4.78 is 27.0. The summed E-state index contributed by atoms with van der Waals surface area (Å²) in [5.74, 6) is 0. The van der Waals surface area contributed by atoms with Crippen molar-refractivity contribution in [2.45, 2.75) is 11.8 Å². The van der Waals surface area contributed by atoms with Crippen molar-refractivity contribution in [1.82, 2.24) is 0 Å². The van der Waals surface area contributed by atoms with Crippen LogP contribution < -0.4 is 4.72 Å².